The van der Waals surface area contributed by atoms with Gasteiger partial charge in [-0.25, -0.2) is 18.7 Å². The Morgan fingerprint density at radius 3 is 2.27 bits per heavy atom. The van der Waals surface area contributed by atoms with Crippen LogP contribution in [0.5, 0.6) is 0 Å². The van der Waals surface area contributed by atoms with Crippen LogP contribution in [0.2, 0.25) is 0 Å². The molecule has 1 saturated heterocycles. The fraction of sp³-hybridized carbons (Fsp3) is 0.383. The van der Waals surface area contributed by atoms with E-state index in [9.17, 15) is 14.2 Å². The van der Waals surface area contributed by atoms with Crippen molar-refractivity contribution in [2.24, 2.45) is 5.92 Å². The van der Waals surface area contributed by atoms with Crippen molar-refractivity contribution in [2.45, 2.75) is 77.8 Å². The first-order chi connectivity index (χ1) is 30.1. The number of hydrogen-bond acceptors (Lipinski definition) is 8. The second-order valence-electron chi connectivity index (χ2n) is 18.1. The number of imidazole rings is 1. The number of aromatic amines is 1. The van der Waals surface area contributed by atoms with Gasteiger partial charge in [-0.05, 0) is 143 Å². The van der Waals surface area contributed by atoms with Crippen LogP contribution in [0.3, 0.4) is 0 Å². The first-order valence-corrected chi connectivity index (χ1v) is 24.1. The van der Waals surface area contributed by atoms with Crippen LogP contribution in [0.25, 0.3) is 28.1 Å². The third kappa shape index (κ3) is 6.53. The average Bonchev–Trinajstić information content (AvgIpc) is 3.75. The van der Waals surface area contributed by atoms with E-state index in [0.29, 0.717) is 83.9 Å². The number of ether oxygens (including phenoxy) is 1. The van der Waals surface area contributed by atoms with Crippen molar-refractivity contribution in [2.75, 3.05) is 33.1 Å². The Bertz CT molecular complexity index is 3150. The van der Waals surface area contributed by atoms with Gasteiger partial charge in [0, 0.05) is 60.3 Å². The van der Waals surface area contributed by atoms with Crippen molar-refractivity contribution >= 4 is 29.3 Å². The summed E-state index contributed by atoms with van der Waals surface area (Å²) in [5.74, 6) is -0.0278. The fourth-order valence-electron chi connectivity index (χ4n) is 10.3. The molecule has 10 rings (SSSR count). The van der Waals surface area contributed by atoms with Crippen LogP contribution in [0.15, 0.2) is 81.1 Å². The van der Waals surface area contributed by atoms with Crippen molar-refractivity contribution < 1.29 is 23.0 Å². The number of benzene rings is 3. The van der Waals surface area contributed by atoms with Gasteiger partial charge in [0.1, 0.15) is 30.0 Å². The molecule has 7 aromatic rings. The lowest BCUT2D eigenvalue weighted by Crippen LogP contribution is -2.41. The quantitative estimate of drug-likeness (QED) is 0.157. The first-order valence-electron chi connectivity index (χ1n) is 21.5. The SMILES string of the molecule is Cc1cc(-n2ccn(-c3c4c(nn3-c3cc(C)c(F)c(C)c3)CCN(C(=O)c3cc5cc(C6CCOCC6)ccc5n3C3(c5noc(=O)[nH]5)CC3C)C4C)c2=O)ccc1P(C)(C)=O. The molecule has 1 aliphatic carbocycles. The van der Waals surface area contributed by atoms with Gasteiger partial charge in [0.2, 0.25) is 0 Å². The fourth-order valence-corrected chi connectivity index (χ4v) is 11.7. The second kappa shape index (κ2) is 14.8. The van der Waals surface area contributed by atoms with Crippen LogP contribution in [-0.4, -0.2) is 77.5 Å². The molecule has 3 aliphatic rings. The zero-order valence-corrected chi connectivity index (χ0v) is 37.3. The topological polar surface area (TPSA) is 155 Å². The largest absolute Gasteiger partial charge is 0.438 e. The lowest BCUT2D eigenvalue weighted by atomic mass is 9.91. The van der Waals surface area contributed by atoms with Crippen LogP contribution in [0.4, 0.5) is 4.39 Å². The molecular formula is C47H50FN8O6P. The van der Waals surface area contributed by atoms with Crippen molar-refractivity contribution in [3.8, 4) is 17.2 Å². The van der Waals surface area contributed by atoms with Crippen LogP contribution in [0.1, 0.15) is 94.9 Å². The predicted molar refractivity (Wildman–Crippen MR) is 238 cm³/mol. The number of carbonyl (C=O) groups excluding carboxylic acids is 1. The molecule has 1 amide bonds. The van der Waals surface area contributed by atoms with E-state index in [4.69, 9.17) is 14.4 Å². The Kier molecular flexibility index (Phi) is 9.61. The van der Waals surface area contributed by atoms with E-state index in [2.05, 4.69) is 35.3 Å². The highest BCUT2D eigenvalue weighted by Gasteiger charge is 2.59. The molecular weight excluding hydrogens is 823 g/mol. The van der Waals surface area contributed by atoms with E-state index in [0.717, 1.165) is 40.3 Å². The van der Waals surface area contributed by atoms with Crippen LogP contribution < -0.4 is 16.8 Å². The van der Waals surface area contributed by atoms with Gasteiger partial charge < -0.3 is 18.8 Å². The van der Waals surface area contributed by atoms with Gasteiger partial charge in [0.25, 0.3) is 5.91 Å². The highest BCUT2D eigenvalue weighted by Crippen LogP contribution is 2.56. The smallest absolute Gasteiger partial charge is 0.381 e. The Balaban J connectivity index is 1.12. The van der Waals surface area contributed by atoms with E-state index >= 15 is 9.18 Å². The Labute approximate surface area is 362 Å². The summed E-state index contributed by atoms with van der Waals surface area (Å²) in [7, 11) is -2.56. The number of H-pyrrole nitrogens is 1. The van der Waals surface area contributed by atoms with Crippen molar-refractivity contribution in [1.29, 1.82) is 0 Å². The molecule has 0 radical (unpaired) electrons. The van der Waals surface area contributed by atoms with Crippen LogP contribution >= 0.6 is 7.14 Å². The Morgan fingerprint density at radius 1 is 0.921 bits per heavy atom. The molecule has 0 bridgehead atoms. The lowest BCUT2D eigenvalue weighted by Gasteiger charge is -2.34. The van der Waals surface area contributed by atoms with Gasteiger partial charge in [-0.3, -0.25) is 23.4 Å². The molecule has 63 heavy (non-hydrogen) atoms. The summed E-state index contributed by atoms with van der Waals surface area (Å²) in [6.45, 7) is 14.5. The minimum Gasteiger partial charge on any atom is -0.381 e. The number of nitrogens with zero attached hydrogens (tertiary/aromatic N) is 7. The number of amides is 1. The van der Waals surface area contributed by atoms with Gasteiger partial charge in [0.15, 0.2) is 5.82 Å². The summed E-state index contributed by atoms with van der Waals surface area (Å²) in [4.78, 5) is 47.2. The number of rotatable bonds is 8. The molecule has 1 saturated carbocycles. The molecule has 326 valence electrons. The normalized spacial score (nSPS) is 20.4. The van der Waals surface area contributed by atoms with Gasteiger partial charge in [-0.1, -0.05) is 18.1 Å². The van der Waals surface area contributed by atoms with Gasteiger partial charge in [-0.2, -0.15) is 5.10 Å². The predicted octanol–water partition coefficient (Wildman–Crippen LogP) is 7.19. The number of fused-ring (bicyclic) bond motifs is 2. The molecule has 3 atom stereocenters. The number of nitrogens with one attached hydrogen (secondary N) is 1. The molecule has 3 unspecified atom stereocenters. The monoisotopic (exact) mass is 872 g/mol. The molecule has 2 fully saturated rings. The maximum absolute atomic E-state index is 15.5. The number of carbonyl (C=O) groups is 1. The molecule has 4 aromatic heterocycles. The zero-order chi connectivity index (χ0) is 44.3. The average molecular weight is 873 g/mol. The molecule has 14 nitrogen and oxygen atoms in total. The third-order valence-corrected chi connectivity index (χ3v) is 15.3. The summed E-state index contributed by atoms with van der Waals surface area (Å²) < 4.78 is 45.6. The van der Waals surface area contributed by atoms with Crippen LogP contribution in [0, 0.1) is 32.5 Å². The maximum atomic E-state index is 15.5. The highest BCUT2D eigenvalue weighted by atomic mass is 31.2. The van der Waals surface area contributed by atoms with E-state index in [-0.39, 0.29) is 23.3 Å². The first kappa shape index (κ1) is 41.0. The standard InChI is InChI=1S/C47H50FN8O6P/c1-26-20-34(9-11-39(26)63(6,7)60)53-16-17-54(46(53)59)42-40-30(5)52(15-12-36(40)50-56(42)35-21-27(2)41(48)28(3)22-35)43(57)38-24-33-23-32(31-13-18-61-19-14-31)8-10-37(33)55(38)47(25-29(47)4)44-49-45(58)62-51-44/h8-11,16-17,20-24,29-31H,12-15,18-19,25H2,1-7H3,(H,49,51,58). The van der Waals surface area contributed by atoms with Gasteiger partial charge in [0.05, 0.1) is 23.1 Å². The summed E-state index contributed by atoms with van der Waals surface area (Å²) in [5, 5.41) is 10.9. The van der Waals surface area contributed by atoms with E-state index in [1.165, 1.54) is 14.7 Å². The minimum absolute atomic E-state index is 0.0257. The van der Waals surface area contributed by atoms with Crippen molar-refractivity contribution in [3.63, 3.8) is 0 Å². The summed E-state index contributed by atoms with van der Waals surface area (Å²) >= 11 is 0. The van der Waals surface area contributed by atoms with Crippen molar-refractivity contribution in [1.82, 2.24) is 38.5 Å². The molecule has 3 aromatic carbocycles. The lowest BCUT2D eigenvalue weighted by molar-refractivity contribution is 0.0663. The maximum Gasteiger partial charge on any atom is 0.438 e. The number of aryl methyl sites for hydroxylation is 3. The molecule has 2 aliphatic heterocycles. The molecule has 0 spiro atoms. The number of aromatic nitrogens is 7. The number of hydrogen-bond donors (Lipinski definition) is 1. The van der Waals surface area contributed by atoms with Gasteiger partial charge in [-0.15, -0.1) is 0 Å². The highest BCUT2D eigenvalue weighted by molar-refractivity contribution is 7.70. The molecule has 1 N–H and O–H groups in total. The summed E-state index contributed by atoms with van der Waals surface area (Å²) in [5.41, 5.74) is 5.57. The summed E-state index contributed by atoms with van der Waals surface area (Å²) in [6.07, 6.45) is 6.23. The molecule has 16 heteroatoms. The summed E-state index contributed by atoms with van der Waals surface area (Å²) in [6, 6.07) is 16.7. The van der Waals surface area contributed by atoms with E-state index < -0.39 is 24.5 Å². The van der Waals surface area contributed by atoms with E-state index in [1.54, 1.807) is 62.5 Å². The Hall–Kier alpha value is -6.05. The third-order valence-electron chi connectivity index (χ3n) is 13.7. The molecule has 6 heterocycles. The Morgan fingerprint density at radius 2 is 1.62 bits per heavy atom. The minimum atomic E-state index is -2.56. The number of halogens is 1. The van der Waals surface area contributed by atoms with Crippen LogP contribution in [-0.2, 0) is 21.3 Å². The van der Waals surface area contributed by atoms with Gasteiger partial charge >= 0.3 is 11.4 Å². The van der Waals surface area contributed by atoms with E-state index in [1.807, 2.05) is 41.5 Å². The second-order valence-corrected chi connectivity index (χ2v) is 21.3. The zero-order valence-electron chi connectivity index (χ0n) is 36.4. The van der Waals surface area contributed by atoms with Crippen molar-refractivity contribution in [3.05, 3.63) is 139 Å².